The summed E-state index contributed by atoms with van der Waals surface area (Å²) in [5.41, 5.74) is -0.419. The molecular formula is C12H22N2O4. The Bertz CT molecular complexity index is 317. The number of carbonyl (C=O) groups excluding carboxylic acids is 1. The van der Waals surface area contributed by atoms with Crippen molar-refractivity contribution < 1.29 is 19.4 Å². The zero-order valence-corrected chi connectivity index (χ0v) is 11.2. The maximum Gasteiger partial charge on any atom is 0.317 e. The maximum absolute atomic E-state index is 11.9. The molecule has 1 fully saturated rings. The van der Waals surface area contributed by atoms with E-state index in [1.807, 2.05) is 13.8 Å². The van der Waals surface area contributed by atoms with Gasteiger partial charge in [-0.3, -0.25) is 4.79 Å². The van der Waals surface area contributed by atoms with Crippen molar-refractivity contribution in [1.29, 1.82) is 0 Å². The van der Waals surface area contributed by atoms with Crippen LogP contribution in [-0.4, -0.2) is 54.4 Å². The Kier molecular flexibility index (Phi) is 4.95. The van der Waals surface area contributed by atoms with Crippen LogP contribution >= 0.6 is 0 Å². The Labute approximate surface area is 107 Å². The first-order valence-corrected chi connectivity index (χ1v) is 6.16. The third-order valence-corrected chi connectivity index (χ3v) is 3.28. The molecule has 1 saturated heterocycles. The molecule has 2 N–H and O–H groups in total. The van der Waals surface area contributed by atoms with E-state index in [2.05, 4.69) is 5.32 Å². The van der Waals surface area contributed by atoms with Gasteiger partial charge in [0, 0.05) is 26.7 Å². The van der Waals surface area contributed by atoms with Crippen LogP contribution in [0.25, 0.3) is 0 Å². The van der Waals surface area contributed by atoms with E-state index < -0.39 is 17.5 Å². The molecule has 0 aliphatic carbocycles. The van der Waals surface area contributed by atoms with Gasteiger partial charge in [-0.2, -0.15) is 0 Å². The number of carbonyl (C=O) groups is 2. The van der Waals surface area contributed by atoms with Gasteiger partial charge >= 0.3 is 12.0 Å². The largest absolute Gasteiger partial charge is 0.481 e. The molecule has 104 valence electrons. The molecule has 0 bridgehead atoms. The molecule has 18 heavy (non-hydrogen) atoms. The van der Waals surface area contributed by atoms with Crippen LogP contribution in [0.2, 0.25) is 0 Å². The Morgan fingerprint density at radius 2 is 2.17 bits per heavy atom. The molecule has 6 heteroatoms. The molecule has 0 aromatic heterocycles. The van der Waals surface area contributed by atoms with Crippen molar-refractivity contribution in [2.75, 3.05) is 26.7 Å². The number of rotatable bonds is 4. The third-order valence-electron chi connectivity index (χ3n) is 3.28. The summed E-state index contributed by atoms with van der Waals surface area (Å²) >= 11 is 0. The van der Waals surface area contributed by atoms with Gasteiger partial charge in [0.25, 0.3) is 0 Å². The van der Waals surface area contributed by atoms with E-state index in [4.69, 9.17) is 9.84 Å². The number of amides is 2. The fourth-order valence-electron chi connectivity index (χ4n) is 1.84. The zero-order valence-electron chi connectivity index (χ0n) is 11.2. The second-order valence-electron chi connectivity index (χ2n) is 5.25. The van der Waals surface area contributed by atoms with Crippen molar-refractivity contribution in [3.8, 4) is 0 Å². The zero-order chi connectivity index (χ0) is 13.8. The van der Waals surface area contributed by atoms with Crippen LogP contribution in [0.15, 0.2) is 0 Å². The lowest BCUT2D eigenvalue weighted by atomic mass is 9.99. The van der Waals surface area contributed by atoms with Gasteiger partial charge in [0.15, 0.2) is 0 Å². The van der Waals surface area contributed by atoms with Crippen LogP contribution in [-0.2, 0) is 9.53 Å². The van der Waals surface area contributed by atoms with Gasteiger partial charge in [-0.25, -0.2) is 4.79 Å². The fourth-order valence-corrected chi connectivity index (χ4v) is 1.84. The van der Waals surface area contributed by atoms with Crippen LogP contribution in [0.1, 0.15) is 26.7 Å². The number of hydrogen-bond acceptors (Lipinski definition) is 3. The van der Waals surface area contributed by atoms with E-state index in [1.54, 1.807) is 12.0 Å². The number of nitrogens with one attached hydrogen (secondary N) is 1. The predicted octanol–water partition coefficient (Wildman–Crippen LogP) is 0.918. The lowest BCUT2D eigenvalue weighted by Gasteiger charge is -2.32. The quantitative estimate of drug-likeness (QED) is 0.786. The molecule has 0 saturated carbocycles. The van der Waals surface area contributed by atoms with E-state index in [0.29, 0.717) is 19.5 Å². The first-order chi connectivity index (χ1) is 8.35. The minimum atomic E-state index is -0.829. The second-order valence-corrected chi connectivity index (χ2v) is 5.25. The summed E-state index contributed by atoms with van der Waals surface area (Å²) in [5, 5.41) is 11.7. The van der Waals surface area contributed by atoms with Crippen LogP contribution in [0, 0.1) is 5.92 Å². The molecular weight excluding hydrogens is 236 g/mol. The number of carboxylic acids is 1. The lowest BCUT2D eigenvalue weighted by molar-refractivity contribution is -0.143. The number of urea groups is 1. The number of carboxylic acid groups (broad SMARTS) is 1. The van der Waals surface area contributed by atoms with Gasteiger partial charge in [0.1, 0.15) is 0 Å². The summed E-state index contributed by atoms with van der Waals surface area (Å²) in [6.07, 6.45) is 1.38. The lowest BCUT2D eigenvalue weighted by Crippen LogP contribution is -2.50. The van der Waals surface area contributed by atoms with Crippen molar-refractivity contribution in [2.24, 2.45) is 5.92 Å². The van der Waals surface area contributed by atoms with Gasteiger partial charge in [0.2, 0.25) is 0 Å². The molecule has 0 aromatic carbocycles. The summed E-state index contributed by atoms with van der Waals surface area (Å²) in [7, 11) is 1.59. The van der Waals surface area contributed by atoms with Crippen molar-refractivity contribution in [1.82, 2.24) is 10.2 Å². The number of piperidine rings is 1. The molecule has 1 atom stereocenters. The number of hydrogen-bond donors (Lipinski definition) is 2. The average Bonchev–Trinajstić information content (AvgIpc) is 2.36. The normalized spacial score (nSPS) is 20.6. The van der Waals surface area contributed by atoms with Gasteiger partial charge in [-0.1, -0.05) is 0 Å². The number of aliphatic carboxylic acids is 1. The van der Waals surface area contributed by atoms with Crippen LogP contribution < -0.4 is 5.32 Å². The minimum absolute atomic E-state index is 0.217. The molecule has 0 aromatic rings. The van der Waals surface area contributed by atoms with E-state index in [0.717, 1.165) is 6.42 Å². The van der Waals surface area contributed by atoms with Crippen LogP contribution in [0.4, 0.5) is 4.79 Å². The Morgan fingerprint density at radius 3 is 2.72 bits per heavy atom. The third kappa shape index (κ3) is 4.18. The highest BCUT2D eigenvalue weighted by Gasteiger charge is 2.28. The average molecular weight is 258 g/mol. The first-order valence-electron chi connectivity index (χ1n) is 6.16. The summed E-state index contributed by atoms with van der Waals surface area (Å²) in [5.74, 6) is -1.27. The van der Waals surface area contributed by atoms with Crippen LogP contribution in [0.3, 0.4) is 0 Å². The van der Waals surface area contributed by atoms with Gasteiger partial charge in [0.05, 0.1) is 11.5 Å². The summed E-state index contributed by atoms with van der Waals surface area (Å²) in [4.78, 5) is 24.4. The molecule has 0 unspecified atom stereocenters. The predicted molar refractivity (Wildman–Crippen MR) is 66.4 cm³/mol. The molecule has 1 aliphatic heterocycles. The summed E-state index contributed by atoms with van der Waals surface area (Å²) in [6.45, 7) is 5.06. The van der Waals surface area contributed by atoms with Gasteiger partial charge in [-0.15, -0.1) is 0 Å². The fraction of sp³-hybridized carbons (Fsp3) is 0.833. The SMILES string of the molecule is COC(C)(C)CNC(=O)N1CCC[C@@H](C(=O)O)C1. The smallest absolute Gasteiger partial charge is 0.317 e. The van der Waals surface area contributed by atoms with E-state index in [-0.39, 0.29) is 12.6 Å². The summed E-state index contributed by atoms with van der Waals surface area (Å²) in [6, 6.07) is -0.217. The minimum Gasteiger partial charge on any atom is -0.481 e. The van der Waals surface area contributed by atoms with E-state index in [1.165, 1.54) is 0 Å². The van der Waals surface area contributed by atoms with Crippen molar-refractivity contribution >= 4 is 12.0 Å². The Morgan fingerprint density at radius 1 is 1.50 bits per heavy atom. The highest BCUT2D eigenvalue weighted by Crippen LogP contribution is 2.16. The second kappa shape index (κ2) is 6.04. The molecule has 0 spiro atoms. The molecule has 6 nitrogen and oxygen atoms in total. The molecule has 1 heterocycles. The van der Waals surface area contributed by atoms with E-state index in [9.17, 15) is 9.59 Å². The van der Waals surface area contributed by atoms with Crippen molar-refractivity contribution in [3.63, 3.8) is 0 Å². The van der Waals surface area contributed by atoms with Gasteiger partial charge in [-0.05, 0) is 26.7 Å². The van der Waals surface area contributed by atoms with Crippen molar-refractivity contribution in [2.45, 2.75) is 32.3 Å². The Hall–Kier alpha value is -1.30. The molecule has 0 radical (unpaired) electrons. The monoisotopic (exact) mass is 258 g/mol. The topological polar surface area (TPSA) is 78.9 Å². The van der Waals surface area contributed by atoms with Crippen molar-refractivity contribution in [3.05, 3.63) is 0 Å². The Balaban J connectivity index is 2.44. The number of likely N-dealkylation sites (tertiary alicyclic amines) is 1. The molecule has 1 rings (SSSR count). The molecule has 2 amide bonds. The highest BCUT2D eigenvalue weighted by molar-refractivity contribution is 5.76. The number of nitrogens with zero attached hydrogens (tertiary/aromatic N) is 1. The highest BCUT2D eigenvalue weighted by atomic mass is 16.5. The van der Waals surface area contributed by atoms with E-state index >= 15 is 0 Å². The molecule has 1 aliphatic rings. The maximum atomic E-state index is 11.9. The number of ether oxygens (including phenoxy) is 1. The first kappa shape index (κ1) is 14.8. The standard InChI is InChI=1S/C12H22N2O4/c1-12(2,18-3)8-13-11(17)14-6-4-5-9(7-14)10(15)16/h9H,4-8H2,1-3H3,(H,13,17)(H,15,16)/t9-/m1/s1. The van der Waals surface area contributed by atoms with Gasteiger partial charge < -0.3 is 20.1 Å². The van der Waals surface area contributed by atoms with Crippen LogP contribution in [0.5, 0.6) is 0 Å². The number of methoxy groups -OCH3 is 1. The summed E-state index contributed by atoms with van der Waals surface area (Å²) < 4.78 is 5.21.